The van der Waals surface area contributed by atoms with Gasteiger partial charge in [-0.1, -0.05) is 0 Å². The topological polar surface area (TPSA) is 129 Å². The molecule has 0 aliphatic rings. The lowest BCUT2D eigenvalue weighted by Crippen LogP contribution is -2.06. The molecule has 7 aromatic rings. The van der Waals surface area contributed by atoms with Gasteiger partial charge in [0.25, 0.3) is 23.8 Å². The van der Waals surface area contributed by atoms with Crippen molar-refractivity contribution < 1.29 is 35.1 Å². The average Bonchev–Trinajstić information content (AvgIpc) is 2.90. The highest BCUT2D eigenvalue weighted by atomic mass is 19.2. The second-order valence-corrected chi connectivity index (χ2v) is 7.62. The van der Waals surface area contributed by atoms with Gasteiger partial charge < -0.3 is 0 Å². The van der Waals surface area contributed by atoms with E-state index in [1.54, 1.807) is 0 Å². The maximum Gasteiger partial charge on any atom is 0.270 e. The number of hydrogen-bond acceptors (Lipinski definition) is 10. The Labute approximate surface area is 199 Å². The Balaban J connectivity index is 1.79. The summed E-state index contributed by atoms with van der Waals surface area (Å²) in [6.45, 7) is 0. The summed E-state index contributed by atoms with van der Waals surface area (Å²) in [5, 5.41) is 0. The van der Waals surface area contributed by atoms with Gasteiger partial charge in [-0.25, -0.2) is 47.5 Å². The third-order valence-electron chi connectivity index (χ3n) is 5.44. The molecule has 18 heteroatoms. The molecule has 0 aliphatic heterocycles. The highest BCUT2D eigenvalue weighted by molar-refractivity contribution is 6.20. The molecule has 0 bridgehead atoms. The van der Waals surface area contributed by atoms with E-state index < -0.39 is 103 Å². The van der Waals surface area contributed by atoms with Crippen LogP contribution in [-0.4, -0.2) is 49.8 Å². The summed E-state index contributed by atoms with van der Waals surface area (Å²) in [7, 11) is 0. The maximum atomic E-state index is 14.6. The minimum Gasteiger partial charge on any atom is -0.239 e. The minimum absolute atomic E-state index is 0.349. The fourth-order valence-electron chi connectivity index (χ4n) is 3.82. The van der Waals surface area contributed by atoms with Crippen LogP contribution in [0.15, 0.2) is 0 Å². The van der Waals surface area contributed by atoms with Gasteiger partial charge in [0.1, 0.15) is 44.1 Å². The molecule has 0 amide bonds. The fourth-order valence-corrected chi connectivity index (χ4v) is 3.82. The molecule has 0 saturated carbocycles. The molecule has 0 saturated heterocycles. The van der Waals surface area contributed by atoms with E-state index >= 15 is 0 Å². The van der Waals surface area contributed by atoms with E-state index in [1.165, 1.54) is 0 Å². The SMILES string of the molecule is Fc1nc2nc3c4nc5nc(F)c(F)nc5nc4c4nc5c(F)c(F)c(F)c(F)c5nc4c3nc2nc1F. The Hall–Kier alpha value is -5.16. The van der Waals surface area contributed by atoms with Crippen molar-refractivity contribution in [3.05, 3.63) is 47.1 Å². The summed E-state index contributed by atoms with van der Waals surface area (Å²) >= 11 is 0. The van der Waals surface area contributed by atoms with Crippen LogP contribution in [0.1, 0.15) is 0 Å². The van der Waals surface area contributed by atoms with Crippen molar-refractivity contribution in [3.8, 4) is 0 Å². The zero-order valence-corrected chi connectivity index (χ0v) is 17.5. The molecule has 7 rings (SSSR count). The molecule has 0 radical (unpaired) electrons. The minimum atomic E-state index is -2.17. The summed E-state index contributed by atoms with van der Waals surface area (Å²) in [5.41, 5.74) is -6.81. The van der Waals surface area contributed by atoms with E-state index in [2.05, 4.69) is 49.8 Å². The number of aromatic nitrogens is 10. The lowest BCUT2D eigenvalue weighted by Gasteiger charge is -2.10. The smallest absolute Gasteiger partial charge is 0.239 e. The summed E-state index contributed by atoms with van der Waals surface area (Å²) in [6, 6.07) is 0. The number of rotatable bonds is 0. The summed E-state index contributed by atoms with van der Waals surface area (Å²) in [5.74, 6) is -14.7. The first kappa shape index (κ1) is 22.1. The average molecular weight is 532 g/mol. The first-order chi connectivity index (χ1) is 18.1. The Morgan fingerprint density at radius 1 is 0.237 bits per heavy atom. The predicted octanol–water partition coefficient (Wildman–Crippen LogP) is 3.67. The van der Waals surface area contributed by atoms with Crippen molar-refractivity contribution in [2.24, 2.45) is 0 Å². The standard InChI is InChI=1S/C20F8N10/c21-1-2(22)4(24)6-5(3(1)23)29-7-8(30-6)10-12(34-20-18(32-10)36-14(26)16(28)38-20)11-9(7)31-17-19(33-11)37-15(27)13(25)35-17. The van der Waals surface area contributed by atoms with Gasteiger partial charge in [0, 0.05) is 0 Å². The molecule has 38 heavy (non-hydrogen) atoms. The van der Waals surface area contributed by atoms with Crippen molar-refractivity contribution in [1.29, 1.82) is 0 Å². The molecular weight excluding hydrogens is 532 g/mol. The van der Waals surface area contributed by atoms with Crippen molar-refractivity contribution in [1.82, 2.24) is 49.8 Å². The van der Waals surface area contributed by atoms with Crippen LogP contribution in [0.2, 0.25) is 0 Å². The van der Waals surface area contributed by atoms with E-state index in [9.17, 15) is 35.1 Å². The van der Waals surface area contributed by atoms with Gasteiger partial charge in [-0.2, -0.15) is 37.5 Å². The largest absolute Gasteiger partial charge is 0.270 e. The molecular formula is C20F8N10. The van der Waals surface area contributed by atoms with Crippen LogP contribution >= 0.6 is 0 Å². The Morgan fingerprint density at radius 3 is 0.737 bits per heavy atom. The van der Waals surface area contributed by atoms with Crippen molar-refractivity contribution in [2.45, 2.75) is 0 Å². The van der Waals surface area contributed by atoms with Gasteiger partial charge in [0.15, 0.2) is 23.3 Å². The van der Waals surface area contributed by atoms with Crippen molar-refractivity contribution in [2.75, 3.05) is 0 Å². The molecule has 0 unspecified atom stereocenters. The van der Waals surface area contributed by atoms with Crippen LogP contribution in [-0.2, 0) is 0 Å². The van der Waals surface area contributed by atoms with Crippen LogP contribution < -0.4 is 0 Å². The molecule has 186 valence electrons. The zero-order valence-electron chi connectivity index (χ0n) is 17.5. The van der Waals surface area contributed by atoms with E-state index in [4.69, 9.17) is 0 Å². The summed E-state index contributed by atoms with van der Waals surface area (Å²) < 4.78 is 112. The first-order valence-corrected chi connectivity index (χ1v) is 9.98. The normalized spacial score (nSPS) is 12.2. The number of halogens is 8. The lowest BCUT2D eigenvalue weighted by atomic mass is 10.1. The zero-order chi connectivity index (χ0) is 26.6. The lowest BCUT2D eigenvalue weighted by molar-refractivity contribution is 0.416. The second kappa shape index (κ2) is 7.20. The fraction of sp³-hybridized carbons (Fsp3) is 0. The van der Waals surface area contributed by atoms with Gasteiger partial charge >= 0.3 is 0 Å². The second-order valence-electron chi connectivity index (χ2n) is 7.62. The van der Waals surface area contributed by atoms with Crippen molar-refractivity contribution in [3.63, 3.8) is 0 Å². The summed E-state index contributed by atoms with van der Waals surface area (Å²) in [6.07, 6.45) is 0. The highest BCUT2D eigenvalue weighted by Crippen LogP contribution is 2.34. The van der Waals surface area contributed by atoms with Crippen LogP contribution in [0.4, 0.5) is 35.1 Å². The third-order valence-corrected chi connectivity index (χ3v) is 5.44. The van der Waals surface area contributed by atoms with Crippen LogP contribution in [0.5, 0.6) is 0 Å². The van der Waals surface area contributed by atoms with Crippen LogP contribution in [0.25, 0.3) is 66.7 Å². The summed E-state index contributed by atoms with van der Waals surface area (Å²) in [4.78, 5) is 36.9. The molecule has 0 atom stereocenters. The highest BCUT2D eigenvalue weighted by Gasteiger charge is 2.27. The van der Waals surface area contributed by atoms with Gasteiger partial charge in [-0.3, -0.25) is 0 Å². The molecule has 0 spiro atoms. The number of hydrogen-bond donors (Lipinski definition) is 0. The molecule has 0 N–H and O–H groups in total. The van der Waals surface area contributed by atoms with E-state index in [0.717, 1.165) is 0 Å². The van der Waals surface area contributed by atoms with Crippen molar-refractivity contribution >= 4 is 66.7 Å². The van der Waals surface area contributed by atoms with E-state index in [1.807, 2.05) is 0 Å². The van der Waals surface area contributed by atoms with Crippen LogP contribution in [0.3, 0.4) is 0 Å². The Morgan fingerprint density at radius 2 is 0.474 bits per heavy atom. The number of nitrogens with zero attached hydrogens (tertiary/aromatic N) is 10. The molecule has 0 aliphatic carbocycles. The number of fused-ring (bicyclic) bond motifs is 9. The monoisotopic (exact) mass is 532 g/mol. The van der Waals surface area contributed by atoms with E-state index in [0.29, 0.717) is 0 Å². The predicted molar refractivity (Wildman–Crippen MR) is 109 cm³/mol. The molecule has 0 fully saturated rings. The molecule has 5 heterocycles. The first-order valence-electron chi connectivity index (χ1n) is 9.98. The Bertz CT molecular complexity index is 2090. The quantitative estimate of drug-likeness (QED) is 0.0938. The maximum absolute atomic E-state index is 14.6. The number of benzene rings is 2. The third kappa shape index (κ3) is 2.81. The van der Waals surface area contributed by atoms with Crippen LogP contribution in [0, 0.1) is 47.1 Å². The molecule has 10 nitrogen and oxygen atoms in total. The van der Waals surface area contributed by atoms with Gasteiger partial charge in [0.05, 0.1) is 0 Å². The van der Waals surface area contributed by atoms with Gasteiger partial charge in [-0.05, 0) is 0 Å². The van der Waals surface area contributed by atoms with Gasteiger partial charge in [0.2, 0.25) is 22.6 Å². The molecule has 2 aromatic carbocycles. The van der Waals surface area contributed by atoms with E-state index in [-0.39, 0.29) is 11.0 Å². The molecule has 5 aromatic heterocycles. The Kier molecular flexibility index (Phi) is 4.18. The van der Waals surface area contributed by atoms with Gasteiger partial charge in [-0.15, -0.1) is 0 Å².